The highest BCUT2D eigenvalue weighted by Crippen LogP contribution is 2.25. The molecule has 1 unspecified atom stereocenters. The van der Waals surface area contributed by atoms with E-state index in [2.05, 4.69) is 10.5 Å². The summed E-state index contributed by atoms with van der Waals surface area (Å²) in [5, 5.41) is 15.6. The van der Waals surface area contributed by atoms with Crippen LogP contribution in [0.4, 0.5) is 0 Å². The number of carboxylic acids is 1. The molecule has 1 heterocycles. The molecule has 0 saturated carbocycles. The standard InChI is InChI=1S/C16H18N2O5/c1-10-13(14(18-23-10)11-6-4-3-5-7-11)15(19)17-12(16(20)21)8-9-22-2/h3-7,12H,8-9H2,1-2H3,(H,17,19)(H,20,21). The maximum atomic E-state index is 12.5. The smallest absolute Gasteiger partial charge is 0.326 e. The molecule has 0 aliphatic carbocycles. The van der Waals surface area contributed by atoms with E-state index >= 15 is 0 Å². The predicted molar refractivity (Wildman–Crippen MR) is 82.1 cm³/mol. The second kappa shape index (κ2) is 7.55. The van der Waals surface area contributed by atoms with Gasteiger partial charge in [0, 0.05) is 25.7 Å². The molecule has 2 aromatic rings. The van der Waals surface area contributed by atoms with Gasteiger partial charge >= 0.3 is 5.97 Å². The van der Waals surface area contributed by atoms with Crippen LogP contribution >= 0.6 is 0 Å². The van der Waals surface area contributed by atoms with E-state index in [-0.39, 0.29) is 18.6 Å². The SMILES string of the molecule is COCCC(NC(=O)c1c(-c2ccccc2)noc1C)C(=O)O. The van der Waals surface area contributed by atoms with Crippen molar-refractivity contribution in [1.29, 1.82) is 0 Å². The third kappa shape index (κ3) is 3.95. The minimum atomic E-state index is -1.12. The van der Waals surface area contributed by atoms with Crippen LogP contribution in [-0.2, 0) is 9.53 Å². The highest BCUT2D eigenvalue weighted by atomic mass is 16.5. The van der Waals surface area contributed by atoms with Crippen molar-refractivity contribution in [3.63, 3.8) is 0 Å². The van der Waals surface area contributed by atoms with Gasteiger partial charge in [0.15, 0.2) is 0 Å². The van der Waals surface area contributed by atoms with Gasteiger partial charge in [-0.2, -0.15) is 0 Å². The van der Waals surface area contributed by atoms with Crippen LogP contribution in [0.3, 0.4) is 0 Å². The van der Waals surface area contributed by atoms with Crippen LogP contribution in [0.2, 0.25) is 0 Å². The van der Waals surface area contributed by atoms with Crippen LogP contribution in [0.1, 0.15) is 22.5 Å². The molecule has 2 rings (SSSR count). The number of amides is 1. The lowest BCUT2D eigenvalue weighted by molar-refractivity contribution is -0.139. The third-order valence-electron chi connectivity index (χ3n) is 3.35. The highest BCUT2D eigenvalue weighted by molar-refractivity contribution is 6.02. The van der Waals surface area contributed by atoms with Crippen molar-refractivity contribution in [1.82, 2.24) is 10.5 Å². The molecule has 0 radical (unpaired) electrons. The van der Waals surface area contributed by atoms with Crippen LogP contribution in [0, 0.1) is 6.92 Å². The zero-order valence-corrected chi connectivity index (χ0v) is 12.9. The fourth-order valence-electron chi connectivity index (χ4n) is 2.16. The van der Waals surface area contributed by atoms with E-state index < -0.39 is 17.9 Å². The topological polar surface area (TPSA) is 102 Å². The number of rotatable bonds is 7. The fourth-order valence-corrected chi connectivity index (χ4v) is 2.16. The van der Waals surface area contributed by atoms with Gasteiger partial charge in [0.05, 0.1) is 0 Å². The Hall–Kier alpha value is -2.67. The summed E-state index contributed by atoms with van der Waals surface area (Å²) in [6, 6.07) is 8.04. The van der Waals surface area contributed by atoms with Gasteiger partial charge in [-0.05, 0) is 6.92 Å². The molecular weight excluding hydrogens is 300 g/mol. The molecule has 0 aliphatic rings. The number of aliphatic carboxylic acids is 1. The Labute approximate surface area is 133 Å². The van der Waals surface area contributed by atoms with Crippen molar-refractivity contribution in [2.24, 2.45) is 0 Å². The van der Waals surface area contributed by atoms with Crippen LogP contribution in [-0.4, -0.2) is 41.9 Å². The fraction of sp³-hybridized carbons (Fsp3) is 0.312. The number of aromatic nitrogens is 1. The van der Waals surface area contributed by atoms with Gasteiger partial charge in [-0.15, -0.1) is 0 Å². The summed E-state index contributed by atoms with van der Waals surface area (Å²) in [5.41, 5.74) is 1.34. The zero-order valence-electron chi connectivity index (χ0n) is 12.9. The summed E-state index contributed by atoms with van der Waals surface area (Å²) in [5.74, 6) is -1.32. The van der Waals surface area contributed by atoms with Crippen molar-refractivity contribution in [3.8, 4) is 11.3 Å². The van der Waals surface area contributed by atoms with Crippen LogP contribution in [0.25, 0.3) is 11.3 Å². The van der Waals surface area contributed by atoms with E-state index in [9.17, 15) is 14.7 Å². The summed E-state index contributed by atoms with van der Waals surface area (Å²) >= 11 is 0. The van der Waals surface area contributed by atoms with Gasteiger partial charge in [0.2, 0.25) is 0 Å². The Morgan fingerprint density at radius 3 is 2.65 bits per heavy atom. The lowest BCUT2D eigenvalue weighted by atomic mass is 10.1. The van der Waals surface area contributed by atoms with Gasteiger partial charge in [-0.3, -0.25) is 4.79 Å². The van der Waals surface area contributed by atoms with Gasteiger partial charge in [-0.1, -0.05) is 35.5 Å². The molecule has 1 aromatic heterocycles. The quantitative estimate of drug-likeness (QED) is 0.808. The van der Waals surface area contributed by atoms with E-state index in [0.29, 0.717) is 11.5 Å². The van der Waals surface area contributed by atoms with Crippen molar-refractivity contribution in [3.05, 3.63) is 41.7 Å². The third-order valence-corrected chi connectivity index (χ3v) is 3.35. The van der Waals surface area contributed by atoms with Crippen molar-refractivity contribution < 1.29 is 24.0 Å². The molecule has 2 N–H and O–H groups in total. The summed E-state index contributed by atoms with van der Waals surface area (Å²) in [6.45, 7) is 1.84. The Morgan fingerprint density at radius 1 is 1.35 bits per heavy atom. The predicted octanol–water partition coefficient (Wildman–Crippen LogP) is 1.87. The number of carbonyl (C=O) groups is 2. The number of benzene rings is 1. The number of nitrogens with zero attached hydrogens (tertiary/aromatic N) is 1. The molecule has 1 aromatic carbocycles. The number of methoxy groups -OCH3 is 1. The highest BCUT2D eigenvalue weighted by Gasteiger charge is 2.26. The first-order valence-corrected chi connectivity index (χ1v) is 7.09. The van der Waals surface area contributed by atoms with E-state index in [1.807, 2.05) is 18.2 Å². The molecule has 0 fully saturated rings. The van der Waals surface area contributed by atoms with Crippen molar-refractivity contribution in [2.75, 3.05) is 13.7 Å². The number of hydrogen-bond donors (Lipinski definition) is 2. The monoisotopic (exact) mass is 318 g/mol. The lowest BCUT2D eigenvalue weighted by Crippen LogP contribution is -2.41. The minimum Gasteiger partial charge on any atom is -0.480 e. The normalized spacial score (nSPS) is 11.9. The molecule has 7 heteroatoms. The number of carboxylic acid groups (broad SMARTS) is 1. The van der Waals surface area contributed by atoms with Crippen LogP contribution < -0.4 is 5.32 Å². The Bertz CT molecular complexity index is 681. The molecule has 7 nitrogen and oxygen atoms in total. The second-order valence-electron chi connectivity index (χ2n) is 4.97. The van der Waals surface area contributed by atoms with Crippen LogP contribution in [0.5, 0.6) is 0 Å². The molecule has 0 saturated heterocycles. The first-order valence-electron chi connectivity index (χ1n) is 7.09. The van der Waals surface area contributed by atoms with Gasteiger partial charge < -0.3 is 19.7 Å². The van der Waals surface area contributed by atoms with E-state index in [1.54, 1.807) is 19.1 Å². The first-order chi connectivity index (χ1) is 11.0. The molecule has 122 valence electrons. The Morgan fingerprint density at radius 2 is 2.04 bits per heavy atom. The molecule has 1 atom stereocenters. The number of carbonyl (C=O) groups excluding carboxylic acids is 1. The second-order valence-corrected chi connectivity index (χ2v) is 4.97. The van der Waals surface area contributed by atoms with E-state index in [1.165, 1.54) is 7.11 Å². The summed E-state index contributed by atoms with van der Waals surface area (Å²) in [4.78, 5) is 23.7. The number of aryl methyl sites for hydroxylation is 1. The molecule has 0 spiro atoms. The summed E-state index contributed by atoms with van der Waals surface area (Å²) in [6.07, 6.45) is 0.169. The average Bonchev–Trinajstić information content (AvgIpc) is 2.93. The maximum absolute atomic E-state index is 12.5. The molecule has 0 bridgehead atoms. The van der Waals surface area contributed by atoms with Gasteiger partial charge in [-0.25, -0.2) is 4.79 Å². The van der Waals surface area contributed by atoms with E-state index in [4.69, 9.17) is 9.26 Å². The first kappa shape index (κ1) is 16.7. The average molecular weight is 318 g/mol. The molecule has 23 heavy (non-hydrogen) atoms. The van der Waals surface area contributed by atoms with Gasteiger partial charge in [0.1, 0.15) is 23.1 Å². The van der Waals surface area contributed by atoms with Crippen molar-refractivity contribution in [2.45, 2.75) is 19.4 Å². The summed E-state index contributed by atoms with van der Waals surface area (Å²) in [7, 11) is 1.47. The Balaban J connectivity index is 2.26. The van der Waals surface area contributed by atoms with Gasteiger partial charge in [0.25, 0.3) is 5.91 Å². The zero-order chi connectivity index (χ0) is 16.8. The van der Waals surface area contributed by atoms with Crippen molar-refractivity contribution >= 4 is 11.9 Å². The largest absolute Gasteiger partial charge is 0.480 e. The molecular formula is C16H18N2O5. The Kier molecular flexibility index (Phi) is 5.48. The van der Waals surface area contributed by atoms with E-state index in [0.717, 1.165) is 5.56 Å². The minimum absolute atomic E-state index is 0.169. The molecule has 1 amide bonds. The number of ether oxygens (including phenoxy) is 1. The van der Waals surface area contributed by atoms with Crippen LogP contribution in [0.15, 0.2) is 34.9 Å². The number of hydrogen-bond acceptors (Lipinski definition) is 5. The maximum Gasteiger partial charge on any atom is 0.326 e. The molecule has 0 aliphatic heterocycles. The number of nitrogens with one attached hydrogen (secondary N) is 1. The summed E-state index contributed by atoms with van der Waals surface area (Å²) < 4.78 is 9.98. The lowest BCUT2D eigenvalue weighted by Gasteiger charge is -2.14.